The van der Waals surface area contributed by atoms with Gasteiger partial charge in [-0.2, -0.15) is 13.2 Å². The summed E-state index contributed by atoms with van der Waals surface area (Å²) in [6.07, 6.45) is -3.89. The van der Waals surface area contributed by atoms with Gasteiger partial charge in [0.1, 0.15) is 0 Å². The van der Waals surface area contributed by atoms with E-state index in [0.29, 0.717) is 13.0 Å². The number of hydrogen-bond donors (Lipinski definition) is 1. The van der Waals surface area contributed by atoms with Gasteiger partial charge in [0.2, 0.25) is 0 Å². The minimum absolute atomic E-state index is 0.0432. The molecule has 1 aliphatic heterocycles. The van der Waals surface area contributed by atoms with Gasteiger partial charge in [0, 0.05) is 0 Å². The van der Waals surface area contributed by atoms with Crippen LogP contribution in [0.15, 0.2) is 23.1 Å². The molecule has 0 amide bonds. The van der Waals surface area contributed by atoms with Crippen molar-refractivity contribution in [2.24, 2.45) is 0 Å². The summed E-state index contributed by atoms with van der Waals surface area (Å²) in [7, 11) is -1.78. The lowest BCUT2D eigenvalue weighted by Gasteiger charge is -2.08. The Morgan fingerprint density at radius 2 is 2.05 bits per heavy atom. The van der Waals surface area contributed by atoms with Gasteiger partial charge in [-0.15, -0.1) is 0 Å². The molecular formula is C12H14F3NO2S. The molecule has 1 unspecified atom stereocenters. The average molecular weight is 293 g/mol. The van der Waals surface area contributed by atoms with Crippen molar-refractivity contribution in [3.8, 4) is 0 Å². The highest BCUT2D eigenvalue weighted by atomic mass is 32.2. The Balaban J connectivity index is 2.37. The lowest BCUT2D eigenvalue weighted by Crippen LogP contribution is -2.22. The molecule has 1 aliphatic rings. The van der Waals surface area contributed by atoms with Gasteiger partial charge >= 0.3 is 6.18 Å². The normalized spacial score (nSPS) is 21.4. The minimum atomic E-state index is -4.44. The molecule has 1 heterocycles. The van der Waals surface area contributed by atoms with E-state index in [-0.39, 0.29) is 16.9 Å². The van der Waals surface area contributed by atoms with E-state index in [4.69, 9.17) is 0 Å². The molecule has 1 N–H and O–H groups in total. The minimum Gasteiger partial charge on any atom is -0.320 e. The van der Waals surface area contributed by atoms with Crippen molar-refractivity contribution in [1.82, 2.24) is 5.32 Å². The van der Waals surface area contributed by atoms with Crippen molar-refractivity contribution >= 4 is 9.84 Å². The lowest BCUT2D eigenvalue weighted by atomic mass is 10.1. The summed E-state index contributed by atoms with van der Waals surface area (Å²) in [5, 5.41) is 2.22. The fraction of sp³-hybridized carbons (Fsp3) is 0.500. The Bertz CT molecular complexity index is 581. The Labute approximate surface area is 109 Å². The van der Waals surface area contributed by atoms with E-state index in [9.17, 15) is 21.6 Å². The quantitative estimate of drug-likeness (QED) is 0.927. The highest BCUT2D eigenvalue weighted by Crippen LogP contribution is 2.37. The Kier molecular flexibility index (Phi) is 3.61. The van der Waals surface area contributed by atoms with Crippen LogP contribution in [-0.4, -0.2) is 27.3 Å². The SMILES string of the molecule is CNCCC1Cc2cc(C(F)(F)F)ccc2S1(=O)=O. The Morgan fingerprint density at radius 3 is 2.63 bits per heavy atom. The van der Waals surface area contributed by atoms with Crippen molar-refractivity contribution in [1.29, 1.82) is 0 Å². The predicted molar refractivity (Wildman–Crippen MR) is 64.7 cm³/mol. The zero-order valence-electron chi connectivity index (χ0n) is 10.3. The predicted octanol–water partition coefficient (Wildman–Crippen LogP) is 2.01. The number of halogens is 3. The van der Waals surface area contributed by atoms with Crippen LogP contribution in [0.4, 0.5) is 13.2 Å². The molecule has 2 rings (SSSR count). The van der Waals surface area contributed by atoms with E-state index in [1.165, 1.54) is 0 Å². The first-order valence-corrected chi connectivity index (χ1v) is 7.40. The highest BCUT2D eigenvalue weighted by Gasteiger charge is 2.39. The smallest absolute Gasteiger partial charge is 0.320 e. The molecule has 0 saturated heterocycles. The van der Waals surface area contributed by atoms with Gasteiger partial charge in [0.15, 0.2) is 9.84 Å². The van der Waals surface area contributed by atoms with E-state index >= 15 is 0 Å². The maximum Gasteiger partial charge on any atom is 0.416 e. The van der Waals surface area contributed by atoms with Crippen LogP contribution in [0.2, 0.25) is 0 Å². The monoisotopic (exact) mass is 293 g/mol. The summed E-state index contributed by atoms with van der Waals surface area (Å²) < 4.78 is 62.1. The van der Waals surface area contributed by atoms with Crippen molar-refractivity contribution in [3.05, 3.63) is 29.3 Å². The molecule has 1 aromatic rings. The van der Waals surface area contributed by atoms with E-state index in [1.807, 2.05) is 0 Å². The van der Waals surface area contributed by atoms with Crippen LogP contribution < -0.4 is 5.32 Å². The summed E-state index contributed by atoms with van der Waals surface area (Å²) >= 11 is 0. The maximum atomic E-state index is 12.6. The second kappa shape index (κ2) is 4.79. The highest BCUT2D eigenvalue weighted by molar-refractivity contribution is 7.92. The van der Waals surface area contributed by atoms with Gasteiger partial charge in [-0.05, 0) is 50.2 Å². The van der Waals surface area contributed by atoms with E-state index in [2.05, 4.69) is 5.32 Å². The summed E-state index contributed by atoms with van der Waals surface area (Å²) in [6.45, 7) is 0.518. The fourth-order valence-electron chi connectivity index (χ4n) is 2.29. The van der Waals surface area contributed by atoms with Gasteiger partial charge in [-0.1, -0.05) is 0 Å². The molecule has 1 aromatic carbocycles. The van der Waals surface area contributed by atoms with Gasteiger partial charge in [-0.25, -0.2) is 8.42 Å². The third kappa shape index (κ3) is 2.62. The van der Waals surface area contributed by atoms with Crippen molar-refractivity contribution in [2.75, 3.05) is 13.6 Å². The average Bonchev–Trinajstić information content (AvgIpc) is 2.57. The first kappa shape index (κ1) is 14.3. The van der Waals surface area contributed by atoms with Gasteiger partial charge < -0.3 is 5.32 Å². The van der Waals surface area contributed by atoms with E-state index in [0.717, 1.165) is 18.2 Å². The number of sulfone groups is 1. The standard InChI is InChI=1S/C12H14F3NO2S/c1-16-5-4-10-7-8-6-9(12(13,14)15)2-3-11(8)19(10,17)18/h2-3,6,10,16H,4-5,7H2,1H3. The summed E-state index contributed by atoms with van der Waals surface area (Å²) in [5.41, 5.74) is -0.522. The fourth-order valence-corrected chi connectivity index (χ4v) is 4.24. The Morgan fingerprint density at radius 1 is 1.37 bits per heavy atom. The van der Waals surface area contributed by atoms with Crippen LogP contribution in [0.1, 0.15) is 17.5 Å². The maximum absolute atomic E-state index is 12.6. The molecule has 0 aliphatic carbocycles. The number of fused-ring (bicyclic) bond motifs is 1. The van der Waals surface area contributed by atoms with Crippen molar-refractivity contribution in [3.63, 3.8) is 0 Å². The zero-order chi connectivity index (χ0) is 14.3. The number of rotatable bonds is 3. The molecule has 106 valence electrons. The number of alkyl halides is 3. The van der Waals surface area contributed by atoms with Crippen LogP contribution in [0.25, 0.3) is 0 Å². The van der Waals surface area contributed by atoms with Crippen LogP contribution in [0.3, 0.4) is 0 Å². The van der Waals surface area contributed by atoms with E-state index in [1.54, 1.807) is 7.05 Å². The van der Waals surface area contributed by atoms with Crippen LogP contribution in [0, 0.1) is 0 Å². The van der Waals surface area contributed by atoms with Crippen LogP contribution >= 0.6 is 0 Å². The summed E-state index contributed by atoms with van der Waals surface area (Å²) in [5.74, 6) is 0. The molecule has 1 atom stereocenters. The molecule has 19 heavy (non-hydrogen) atoms. The lowest BCUT2D eigenvalue weighted by molar-refractivity contribution is -0.137. The largest absolute Gasteiger partial charge is 0.416 e. The first-order chi connectivity index (χ1) is 8.76. The molecule has 0 saturated carbocycles. The first-order valence-electron chi connectivity index (χ1n) is 5.85. The molecular weight excluding hydrogens is 279 g/mol. The number of hydrogen-bond acceptors (Lipinski definition) is 3. The second-order valence-electron chi connectivity index (χ2n) is 4.58. The number of benzene rings is 1. The third-order valence-electron chi connectivity index (χ3n) is 3.30. The third-order valence-corrected chi connectivity index (χ3v) is 5.59. The van der Waals surface area contributed by atoms with Gasteiger partial charge in [-0.3, -0.25) is 0 Å². The van der Waals surface area contributed by atoms with Crippen molar-refractivity contribution < 1.29 is 21.6 Å². The molecule has 0 spiro atoms. The van der Waals surface area contributed by atoms with Gasteiger partial charge in [0.05, 0.1) is 15.7 Å². The molecule has 7 heteroatoms. The second-order valence-corrected chi connectivity index (χ2v) is 6.78. The molecule has 0 fully saturated rings. The Hall–Kier alpha value is -1.08. The van der Waals surface area contributed by atoms with Crippen LogP contribution in [0.5, 0.6) is 0 Å². The van der Waals surface area contributed by atoms with Crippen molar-refractivity contribution in [2.45, 2.75) is 29.2 Å². The molecule has 3 nitrogen and oxygen atoms in total. The van der Waals surface area contributed by atoms with Gasteiger partial charge in [0.25, 0.3) is 0 Å². The molecule has 0 radical (unpaired) electrons. The number of nitrogens with one attached hydrogen (secondary N) is 1. The topological polar surface area (TPSA) is 46.2 Å². The summed E-state index contributed by atoms with van der Waals surface area (Å²) in [6, 6.07) is 2.86. The molecule has 0 bridgehead atoms. The van der Waals surface area contributed by atoms with Crippen LogP contribution in [-0.2, 0) is 22.4 Å². The molecule has 0 aromatic heterocycles. The van der Waals surface area contributed by atoms with E-state index < -0.39 is 26.8 Å². The summed E-state index contributed by atoms with van der Waals surface area (Å²) in [4.78, 5) is 0.0432. The zero-order valence-corrected chi connectivity index (χ0v) is 11.1.